The summed E-state index contributed by atoms with van der Waals surface area (Å²) in [6.07, 6.45) is 0. The van der Waals surface area contributed by atoms with Crippen LogP contribution in [0.4, 0.5) is 11.4 Å². The van der Waals surface area contributed by atoms with E-state index in [0.717, 1.165) is 33.4 Å². The molecular formula is C12H7N5. The van der Waals surface area contributed by atoms with E-state index in [1.165, 1.54) is 0 Å². The van der Waals surface area contributed by atoms with Crippen LogP contribution in [0.3, 0.4) is 0 Å². The molecule has 1 N–H and O–H groups in total. The van der Waals surface area contributed by atoms with Gasteiger partial charge >= 0.3 is 0 Å². The van der Waals surface area contributed by atoms with Gasteiger partial charge in [-0.15, -0.1) is 10.2 Å². The monoisotopic (exact) mass is 221 g/mol. The van der Waals surface area contributed by atoms with Crippen molar-refractivity contribution >= 4 is 33.4 Å². The highest BCUT2D eigenvalue weighted by atomic mass is 15.1. The first kappa shape index (κ1) is 8.58. The molecule has 0 saturated heterocycles. The Kier molecular flexibility index (Phi) is 1.50. The summed E-state index contributed by atoms with van der Waals surface area (Å²) in [5.41, 5.74) is 4.97. The number of fused-ring (bicyclic) bond motifs is 3. The van der Waals surface area contributed by atoms with Crippen LogP contribution >= 0.6 is 0 Å². The molecule has 1 aliphatic heterocycles. The lowest BCUT2D eigenvalue weighted by Gasteiger charge is -2.04. The number of hydrogen-bond acceptors (Lipinski definition) is 5. The van der Waals surface area contributed by atoms with E-state index in [1.807, 2.05) is 36.4 Å². The topological polar surface area (TPSA) is 63.6 Å². The van der Waals surface area contributed by atoms with Crippen LogP contribution < -0.4 is 5.32 Å². The molecule has 0 fully saturated rings. The van der Waals surface area contributed by atoms with Gasteiger partial charge in [-0.05, 0) is 36.4 Å². The van der Waals surface area contributed by atoms with Crippen LogP contribution in [-0.2, 0) is 0 Å². The molecule has 4 rings (SSSR count). The number of nitrogens with one attached hydrogen (secondary N) is 1. The van der Waals surface area contributed by atoms with E-state index < -0.39 is 0 Å². The van der Waals surface area contributed by atoms with Crippen LogP contribution in [0.5, 0.6) is 0 Å². The number of rotatable bonds is 0. The largest absolute Gasteiger partial charge is 0.352 e. The van der Waals surface area contributed by atoms with Crippen molar-refractivity contribution in [1.82, 2.24) is 20.4 Å². The highest BCUT2D eigenvalue weighted by Crippen LogP contribution is 2.26. The third-order valence-corrected chi connectivity index (χ3v) is 2.78. The number of aromatic nitrogens is 4. The third kappa shape index (κ3) is 1.25. The summed E-state index contributed by atoms with van der Waals surface area (Å²) in [4.78, 5) is 0. The molecule has 0 amide bonds. The van der Waals surface area contributed by atoms with Crippen LogP contribution in [-0.4, -0.2) is 20.4 Å². The minimum absolute atomic E-state index is 0.776. The van der Waals surface area contributed by atoms with Crippen molar-refractivity contribution in [2.24, 2.45) is 0 Å². The molecule has 0 spiro atoms. The fraction of sp³-hybridized carbons (Fsp3) is 0. The molecule has 5 heteroatoms. The van der Waals surface area contributed by atoms with E-state index in [-0.39, 0.29) is 0 Å². The van der Waals surface area contributed by atoms with Crippen LogP contribution in [0.25, 0.3) is 22.1 Å². The van der Waals surface area contributed by atoms with Crippen molar-refractivity contribution in [3.8, 4) is 0 Å². The molecule has 4 bridgehead atoms. The molecule has 0 aliphatic carbocycles. The van der Waals surface area contributed by atoms with Gasteiger partial charge in [-0.1, -0.05) is 0 Å². The molecule has 0 radical (unpaired) electrons. The van der Waals surface area contributed by atoms with E-state index in [4.69, 9.17) is 0 Å². The van der Waals surface area contributed by atoms with Crippen molar-refractivity contribution in [1.29, 1.82) is 0 Å². The summed E-state index contributed by atoms with van der Waals surface area (Å²) in [6, 6.07) is 11.4. The zero-order chi connectivity index (χ0) is 11.2. The minimum atomic E-state index is 0.776. The van der Waals surface area contributed by atoms with Crippen LogP contribution in [0.15, 0.2) is 36.4 Å². The van der Waals surface area contributed by atoms with Crippen LogP contribution in [0, 0.1) is 0 Å². The molecule has 0 unspecified atom stereocenters. The van der Waals surface area contributed by atoms with Gasteiger partial charge in [0.05, 0.1) is 22.4 Å². The predicted molar refractivity (Wildman–Crippen MR) is 64.7 cm³/mol. The summed E-state index contributed by atoms with van der Waals surface area (Å²) in [7, 11) is 0. The molecule has 5 nitrogen and oxygen atoms in total. The molecule has 80 valence electrons. The zero-order valence-corrected chi connectivity index (χ0v) is 8.75. The fourth-order valence-corrected chi connectivity index (χ4v) is 1.91. The Labute approximate surface area is 96.2 Å². The molecular weight excluding hydrogens is 214 g/mol. The minimum Gasteiger partial charge on any atom is -0.352 e. The van der Waals surface area contributed by atoms with Crippen molar-refractivity contribution in [2.45, 2.75) is 0 Å². The summed E-state index contributed by atoms with van der Waals surface area (Å²) >= 11 is 0. The third-order valence-electron chi connectivity index (χ3n) is 2.78. The Hall–Kier alpha value is -2.56. The second-order valence-corrected chi connectivity index (χ2v) is 3.93. The molecule has 17 heavy (non-hydrogen) atoms. The summed E-state index contributed by atoms with van der Waals surface area (Å²) in [6.45, 7) is 0. The van der Waals surface area contributed by atoms with Crippen molar-refractivity contribution in [3.05, 3.63) is 36.4 Å². The van der Waals surface area contributed by atoms with Gasteiger partial charge in [-0.3, -0.25) is 0 Å². The fourth-order valence-electron chi connectivity index (χ4n) is 1.91. The van der Waals surface area contributed by atoms with Crippen molar-refractivity contribution < 1.29 is 0 Å². The first-order valence-electron chi connectivity index (χ1n) is 5.27. The molecule has 1 aliphatic rings. The Morgan fingerprint density at radius 1 is 0.647 bits per heavy atom. The molecule has 2 aromatic carbocycles. The average Bonchev–Trinajstić information content (AvgIpc) is 2.59. The standard InChI is InChI=1S/C12H7N5/c1-3-9-11-5-7(1)14-15-8-2-4-10(13-9)12(6-8)17-16-11/h1-6,13H. The highest BCUT2D eigenvalue weighted by molar-refractivity contribution is 5.87. The maximum Gasteiger partial charge on any atom is 0.111 e. The van der Waals surface area contributed by atoms with E-state index >= 15 is 0 Å². The Balaban J connectivity index is 2.32. The number of benzene rings is 2. The van der Waals surface area contributed by atoms with E-state index in [1.54, 1.807) is 0 Å². The lowest BCUT2D eigenvalue weighted by Crippen LogP contribution is -1.89. The summed E-state index contributed by atoms with van der Waals surface area (Å²) in [5.74, 6) is 0. The molecule has 0 atom stereocenters. The number of hydrogen-bond donors (Lipinski definition) is 1. The van der Waals surface area contributed by atoms with E-state index in [0.29, 0.717) is 0 Å². The Bertz CT molecular complexity index is 716. The van der Waals surface area contributed by atoms with Gasteiger partial charge in [-0.25, -0.2) is 0 Å². The van der Waals surface area contributed by atoms with Gasteiger partial charge in [0.15, 0.2) is 0 Å². The lowest BCUT2D eigenvalue weighted by molar-refractivity contribution is 1.10. The summed E-state index contributed by atoms with van der Waals surface area (Å²) in [5, 5.41) is 20.1. The van der Waals surface area contributed by atoms with Crippen molar-refractivity contribution in [3.63, 3.8) is 0 Å². The molecule has 0 saturated carbocycles. The predicted octanol–water partition coefficient (Wildman–Crippen LogP) is 2.19. The van der Waals surface area contributed by atoms with Crippen molar-refractivity contribution in [2.75, 3.05) is 5.32 Å². The Morgan fingerprint density at radius 3 is 1.71 bits per heavy atom. The first-order valence-corrected chi connectivity index (χ1v) is 5.27. The number of anilines is 2. The second kappa shape index (κ2) is 2.98. The smallest absolute Gasteiger partial charge is 0.111 e. The van der Waals surface area contributed by atoms with E-state index in [2.05, 4.69) is 25.7 Å². The van der Waals surface area contributed by atoms with Gasteiger partial charge in [0, 0.05) is 0 Å². The van der Waals surface area contributed by atoms with Gasteiger partial charge in [0.25, 0.3) is 0 Å². The first-order chi connectivity index (χ1) is 8.38. The molecule has 1 aromatic heterocycles. The Morgan fingerprint density at radius 2 is 1.18 bits per heavy atom. The number of nitrogens with zero attached hydrogens (tertiary/aromatic N) is 4. The molecule has 2 heterocycles. The van der Waals surface area contributed by atoms with Crippen LogP contribution in [0.2, 0.25) is 0 Å². The zero-order valence-electron chi connectivity index (χ0n) is 8.75. The summed E-state index contributed by atoms with van der Waals surface area (Å²) < 4.78 is 0. The maximum absolute atomic E-state index is 4.22. The lowest BCUT2D eigenvalue weighted by atomic mass is 10.2. The van der Waals surface area contributed by atoms with E-state index in [9.17, 15) is 0 Å². The maximum atomic E-state index is 4.22. The second-order valence-electron chi connectivity index (χ2n) is 3.93. The SMILES string of the molecule is c1cc2cc3nnc4cc(ccc4Nc13)nn2. The van der Waals surface area contributed by atoms with Gasteiger partial charge in [0.1, 0.15) is 11.0 Å². The molecule has 3 aromatic rings. The van der Waals surface area contributed by atoms with Gasteiger partial charge < -0.3 is 5.32 Å². The normalized spacial score (nSPS) is 12.0. The van der Waals surface area contributed by atoms with Gasteiger partial charge in [0.2, 0.25) is 0 Å². The van der Waals surface area contributed by atoms with Gasteiger partial charge in [-0.2, -0.15) is 10.2 Å². The highest BCUT2D eigenvalue weighted by Gasteiger charge is 2.07. The quantitative estimate of drug-likeness (QED) is 0.493. The van der Waals surface area contributed by atoms with Crippen LogP contribution in [0.1, 0.15) is 0 Å². The average molecular weight is 221 g/mol.